The van der Waals surface area contributed by atoms with E-state index in [1.54, 1.807) is 0 Å². The fraction of sp³-hybridized carbons (Fsp3) is 0.722. The van der Waals surface area contributed by atoms with Crippen molar-refractivity contribution < 1.29 is 79.8 Å². The topological polar surface area (TPSA) is 300 Å². The number of aliphatic hydroxyl groups is 7. The highest BCUT2D eigenvalue weighted by molar-refractivity contribution is 9.10. The van der Waals surface area contributed by atoms with Crippen molar-refractivity contribution in [2.45, 2.75) is 112 Å². The highest BCUT2D eigenvalue weighted by Gasteiger charge is 2.83. The third-order valence-electron chi connectivity index (χ3n) is 13.2. The molecule has 10 N–H and O–H groups in total. The molecular formula is C36H52BrN3O15. The zero-order valence-corrected chi connectivity index (χ0v) is 32.1. The number of carbonyl (C=O) groups excluding carboxylic acids is 1. The summed E-state index contributed by atoms with van der Waals surface area (Å²) in [4.78, 5) is 43.8. The molecule has 308 valence electrons. The SMILES string of the molecule is CC[C@H]1C2C[C@H]3[C@@H]4N(C)c5ccc(Br)cc5C45C[C@@H](C2[C@@H]5O)[N+]3(CC(O)CN2CCCCC2)[C@@H]1O.O=C(O)[C@H](O)[C@@H](O)C(=O)O.O=C([O-])[C@H](O)[C@@H](O)C(=O)O. The fourth-order valence-corrected chi connectivity index (χ4v) is 11.5. The third-order valence-corrected chi connectivity index (χ3v) is 13.7. The van der Waals surface area contributed by atoms with Gasteiger partial charge in [0.25, 0.3) is 0 Å². The summed E-state index contributed by atoms with van der Waals surface area (Å²) in [6.07, 6.45) is -3.91. The molecule has 5 unspecified atom stereocenters. The number of fused-ring (bicyclic) bond motifs is 2. The number of carbonyl (C=O) groups is 4. The van der Waals surface area contributed by atoms with E-state index < -0.39 is 66.7 Å². The molecule has 55 heavy (non-hydrogen) atoms. The van der Waals surface area contributed by atoms with Crippen molar-refractivity contribution in [2.24, 2.45) is 17.8 Å². The number of aliphatic hydroxyl groups excluding tert-OH is 7. The van der Waals surface area contributed by atoms with Gasteiger partial charge in [0.15, 0.2) is 24.5 Å². The zero-order valence-electron chi connectivity index (χ0n) is 30.5. The summed E-state index contributed by atoms with van der Waals surface area (Å²) in [5.74, 6) is -6.60. The number of halogens is 1. The Morgan fingerprint density at radius 3 is 1.98 bits per heavy atom. The summed E-state index contributed by atoms with van der Waals surface area (Å²) in [5.41, 5.74) is 2.25. The van der Waals surface area contributed by atoms with Gasteiger partial charge in [-0.15, -0.1) is 0 Å². The number of piperidine rings is 5. The van der Waals surface area contributed by atoms with Gasteiger partial charge in [0, 0.05) is 48.4 Å². The minimum Gasteiger partial charge on any atom is -0.547 e. The number of rotatable bonds is 11. The van der Waals surface area contributed by atoms with Crippen LogP contribution in [-0.2, 0) is 24.6 Å². The second kappa shape index (κ2) is 16.5. The number of hydrogen-bond donors (Lipinski definition) is 10. The smallest absolute Gasteiger partial charge is 0.335 e. The Hall–Kier alpha value is -2.98. The minimum atomic E-state index is -2.38. The van der Waals surface area contributed by atoms with Crippen LogP contribution in [0.15, 0.2) is 22.7 Å². The summed E-state index contributed by atoms with van der Waals surface area (Å²) in [7, 11) is 2.20. The average Bonchev–Trinajstić information content (AvgIpc) is 3.52. The lowest BCUT2D eigenvalue weighted by Gasteiger charge is -2.68. The Balaban J connectivity index is 0.000000241. The van der Waals surface area contributed by atoms with Crippen molar-refractivity contribution in [2.75, 3.05) is 38.1 Å². The number of hydrogen-bond acceptors (Lipinski definition) is 14. The van der Waals surface area contributed by atoms with Gasteiger partial charge in [-0.2, -0.15) is 0 Å². The monoisotopic (exact) mass is 845 g/mol. The van der Waals surface area contributed by atoms with E-state index in [4.69, 9.17) is 35.7 Å². The largest absolute Gasteiger partial charge is 0.547 e. The quantitative estimate of drug-likeness (QED) is 0.1000. The molecule has 7 aliphatic rings. The molecule has 5 bridgehead atoms. The van der Waals surface area contributed by atoms with Gasteiger partial charge in [0.2, 0.25) is 0 Å². The number of β-amino-alcohol motifs (C(OH)–C–C–N with tert-alkyl or cyclic N) is 1. The first-order chi connectivity index (χ1) is 25.8. The van der Waals surface area contributed by atoms with Gasteiger partial charge >= 0.3 is 17.9 Å². The maximum Gasteiger partial charge on any atom is 0.335 e. The van der Waals surface area contributed by atoms with Gasteiger partial charge in [-0.05, 0) is 62.0 Å². The van der Waals surface area contributed by atoms with Crippen LogP contribution in [-0.4, -0.2) is 179 Å². The van der Waals surface area contributed by atoms with Gasteiger partial charge in [-0.1, -0.05) is 29.3 Å². The van der Waals surface area contributed by atoms with E-state index in [1.807, 2.05) is 0 Å². The molecule has 1 aromatic rings. The molecule has 6 fully saturated rings. The number of carboxylic acid groups (broad SMARTS) is 4. The molecule has 18 nitrogen and oxygen atoms in total. The molecule has 5 saturated heterocycles. The molecule has 0 radical (unpaired) electrons. The predicted molar refractivity (Wildman–Crippen MR) is 191 cm³/mol. The molecule has 6 heterocycles. The average molecular weight is 847 g/mol. The van der Waals surface area contributed by atoms with Crippen LogP contribution in [0.3, 0.4) is 0 Å². The second-order valence-electron chi connectivity index (χ2n) is 15.8. The van der Waals surface area contributed by atoms with Crippen molar-refractivity contribution in [3.63, 3.8) is 0 Å². The Morgan fingerprint density at radius 1 is 0.909 bits per heavy atom. The third kappa shape index (κ3) is 7.25. The van der Waals surface area contributed by atoms with Gasteiger partial charge in [-0.3, -0.25) is 4.48 Å². The molecule has 1 aromatic carbocycles. The number of likely N-dealkylation sites (tertiary alicyclic amines) is 1. The van der Waals surface area contributed by atoms with Crippen molar-refractivity contribution in [3.8, 4) is 0 Å². The van der Waals surface area contributed by atoms with Crippen molar-refractivity contribution in [1.82, 2.24) is 4.90 Å². The first-order valence-corrected chi connectivity index (χ1v) is 19.3. The standard InChI is InChI=1S/C28H41BrN3O3.2C4H6O6/c1-3-18-19-12-22-25-28(20-11-16(29)7-8-21(20)30(25)2)13-23(24(19)26(28)34)32(22,27(18)35)15-17(33)14-31-9-5-4-6-10-31;2*5-1(3(7)8)2(6)4(9)10/h7-8,11,17-19,22-27,33-35H,3-6,9-10,12-15H2,1-2H3;2*1-2,5-6H,(H,7,8)(H,9,10)/q+1;;/p-1/t17?,18-,19?,22-,23-,24?,25-,26-,27+,28?,32?;2*1-,2-/m011/s1. The molecule has 0 aromatic heterocycles. The fourth-order valence-electron chi connectivity index (χ4n) is 11.2. The van der Waals surface area contributed by atoms with E-state index in [2.05, 4.69) is 57.9 Å². The number of benzene rings is 1. The summed E-state index contributed by atoms with van der Waals surface area (Å²) in [5, 5.41) is 103. The molecule has 6 aliphatic heterocycles. The highest BCUT2D eigenvalue weighted by Crippen LogP contribution is 2.71. The first kappa shape index (κ1) is 43.1. The van der Waals surface area contributed by atoms with E-state index >= 15 is 0 Å². The highest BCUT2D eigenvalue weighted by atomic mass is 79.9. The number of likely N-dealkylation sites (N-methyl/N-ethyl adjacent to an activating group) is 1. The summed E-state index contributed by atoms with van der Waals surface area (Å²) in [6.45, 7) is 5.67. The van der Waals surface area contributed by atoms with Gasteiger partial charge in [0.1, 0.15) is 24.8 Å². The lowest BCUT2D eigenvalue weighted by atomic mass is 9.60. The summed E-state index contributed by atoms with van der Waals surface area (Å²) < 4.78 is 1.68. The number of nitrogens with zero attached hydrogens (tertiary/aromatic N) is 3. The minimum absolute atomic E-state index is 0.155. The van der Waals surface area contributed by atoms with E-state index in [9.17, 15) is 39.6 Å². The lowest BCUT2D eigenvalue weighted by Crippen LogP contribution is -2.84. The van der Waals surface area contributed by atoms with Crippen LogP contribution < -0.4 is 10.0 Å². The number of quaternary nitrogens is 1. The number of aliphatic carboxylic acids is 4. The van der Waals surface area contributed by atoms with E-state index in [1.165, 1.54) is 30.5 Å². The summed E-state index contributed by atoms with van der Waals surface area (Å²) >= 11 is 3.71. The molecule has 15 atom stereocenters. The Bertz CT molecular complexity index is 1540. The van der Waals surface area contributed by atoms with E-state index in [0.29, 0.717) is 23.5 Å². The van der Waals surface area contributed by atoms with Crippen LogP contribution >= 0.6 is 15.9 Å². The Morgan fingerprint density at radius 2 is 1.47 bits per heavy atom. The molecule has 8 rings (SSSR count). The van der Waals surface area contributed by atoms with Crippen LogP contribution in [0.5, 0.6) is 0 Å². The Kier molecular flexibility index (Phi) is 12.9. The zero-order chi connectivity index (χ0) is 40.9. The van der Waals surface area contributed by atoms with E-state index in [0.717, 1.165) is 36.8 Å². The van der Waals surface area contributed by atoms with E-state index in [-0.39, 0.29) is 35.4 Å². The van der Waals surface area contributed by atoms with Crippen LogP contribution in [0.25, 0.3) is 0 Å². The lowest BCUT2D eigenvalue weighted by molar-refractivity contribution is -1.04. The maximum atomic E-state index is 12.2. The molecule has 19 heteroatoms. The van der Waals surface area contributed by atoms with Crippen LogP contribution in [0.4, 0.5) is 5.69 Å². The van der Waals surface area contributed by atoms with Gasteiger partial charge in [-0.25, -0.2) is 14.4 Å². The second-order valence-corrected chi connectivity index (χ2v) is 16.7. The van der Waals surface area contributed by atoms with Gasteiger partial charge in [0.05, 0.1) is 29.6 Å². The normalized spacial score (nSPS) is 36.5. The van der Waals surface area contributed by atoms with Crippen molar-refractivity contribution in [3.05, 3.63) is 28.2 Å². The van der Waals surface area contributed by atoms with Crippen LogP contribution in [0.2, 0.25) is 0 Å². The molecule has 1 spiro atoms. The summed E-state index contributed by atoms with van der Waals surface area (Å²) in [6, 6.07) is 7.18. The number of anilines is 1. The molecule has 1 saturated carbocycles. The molecule has 1 aliphatic carbocycles. The maximum absolute atomic E-state index is 12.2. The molecule has 0 amide bonds. The number of carboxylic acids is 4. The van der Waals surface area contributed by atoms with Crippen molar-refractivity contribution in [1.29, 1.82) is 0 Å². The first-order valence-electron chi connectivity index (χ1n) is 18.6. The van der Waals surface area contributed by atoms with Crippen LogP contribution in [0.1, 0.15) is 51.0 Å². The van der Waals surface area contributed by atoms with Gasteiger partial charge < -0.3 is 70.8 Å². The van der Waals surface area contributed by atoms with Crippen molar-refractivity contribution >= 4 is 45.5 Å². The molecular weight excluding hydrogens is 794 g/mol. The predicted octanol–water partition coefficient (Wildman–Crippen LogP) is -2.90. The Labute approximate surface area is 325 Å². The van der Waals surface area contributed by atoms with Crippen LogP contribution in [0, 0.1) is 17.8 Å².